The molecule has 1 atom stereocenters. The number of nitrogens with zero attached hydrogens (tertiary/aromatic N) is 4. The normalized spacial score (nSPS) is 19.8. The number of anilines is 1. The maximum absolute atomic E-state index is 11.9. The number of hydrazine groups is 1. The number of carbonyl (C=O) groups is 2. The zero-order valence-corrected chi connectivity index (χ0v) is 16.1. The summed E-state index contributed by atoms with van der Waals surface area (Å²) in [5, 5.41) is 7.42. The molecule has 5 rings (SSSR count). The van der Waals surface area contributed by atoms with Gasteiger partial charge in [0.25, 0.3) is 0 Å². The molecule has 1 unspecified atom stereocenters. The van der Waals surface area contributed by atoms with Gasteiger partial charge >= 0.3 is 0 Å². The molecule has 1 aromatic carbocycles. The van der Waals surface area contributed by atoms with Crippen LogP contribution in [-0.4, -0.2) is 45.5 Å². The molecule has 3 aliphatic rings. The van der Waals surface area contributed by atoms with E-state index in [1.807, 2.05) is 47.5 Å². The Morgan fingerprint density at radius 2 is 2.03 bits per heavy atom. The molecular formula is C22H20N6O2. The molecule has 3 N–H and O–H groups in total. The lowest BCUT2D eigenvalue weighted by Gasteiger charge is -2.41. The van der Waals surface area contributed by atoms with Gasteiger partial charge in [0.2, 0.25) is 5.91 Å². The quantitative estimate of drug-likeness (QED) is 0.721. The number of hydrogen-bond donors (Lipinski definition) is 2. The van der Waals surface area contributed by atoms with Crippen molar-refractivity contribution in [3.05, 3.63) is 72.0 Å². The number of aliphatic imine (C=N–C) groups is 1. The average Bonchev–Trinajstić information content (AvgIpc) is 3.51. The third-order valence-corrected chi connectivity index (χ3v) is 5.25. The van der Waals surface area contributed by atoms with Crippen LogP contribution in [0, 0.1) is 0 Å². The van der Waals surface area contributed by atoms with Gasteiger partial charge in [0.1, 0.15) is 11.6 Å². The Balaban J connectivity index is 1.43. The predicted octanol–water partition coefficient (Wildman–Crippen LogP) is 2.29. The van der Waals surface area contributed by atoms with Crippen molar-refractivity contribution in [3.8, 4) is 11.3 Å². The third-order valence-electron chi connectivity index (χ3n) is 5.25. The highest BCUT2D eigenvalue weighted by Gasteiger charge is 2.43. The van der Waals surface area contributed by atoms with Crippen LogP contribution in [-0.2, 0) is 4.79 Å². The topological polar surface area (TPSA) is 104 Å². The van der Waals surface area contributed by atoms with Crippen LogP contribution in [0.2, 0.25) is 0 Å². The second-order valence-corrected chi connectivity index (χ2v) is 7.42. The number of allylic oxidation sites excluding steroid dienone is 2. The molecule has 1 amide bonds. The van der Waals surface area contributed by atoms with Crippen LogP contribution < -0.4 is 11.1 Å². The standard InChI is InChI=1S/C22H20N6O2/c23-22(30)19-12-25-20-8-9-21(27(28(19)20)17-5-6-17)26-16-3-1-2-15(10-16)18-7-4-14(13-29)11-24-18/h1-4,7-13,17,19,26H,5-6H2,(H2,23,30). The number of hydrogen-bond acceptors (Lipinski definition) is 7. The van der Waals surface area contributed by atoms with E-state index in [4.69, 9.17) is 5.73 Å². The average molecular weight is 400 g/mol. The van der Waals surface area contributed by atoms with Crippen molar-refractivity contribution in [1.29, 1.82) is 0 Å². The highest BCUT2D eigenvalue weighted by atomic mass is 16.1. The Kier molecular flexibility index (Phi) is 4.31. The van der Waals surface area contributed by atoms with Gasteiger partial charge in [0.05, 0.1) is 11.7 Å². The number of nitrogens with two attached hydrogens (primary N) is 1. The molecule has 1 fully saturated rings. The van der Waals surface area contributed by atoms with Crippen LogP contribution in [0.3, 0.4) is 0 Å². The smallest absolute Gasteiger partial charge is 0.247 e. The summed E-state index contributed by atoms with van der Waals surface area (Å²) in [4.78, 5) is 31.5. The van der Waals surface area contributed by atoms with Crippen LogP contribution in [0.1, 0.15) is 23.2 Å². The number of nitrogens with one attached hydrogen (secondary N) is 1. The van der Waals surface area contributed by atoms with Crippen molar-refractivity contribution in [2.45, 2.75) is 24.9 Å². The van der Waals surface area contributed by atoms with Gasteiger partial charge in [-0.2, -0.15) is 0 Å². The first kappa shape index (κ1) is 18.1. The maximum atomic E-state index is 11.9. The molecular weight excluding hydrogens is 380 g/mol. The van der Waals surface area contributed by atoms with E-state index >= 15 is 0 Å². The van der Waals surface area contributed by atoms with Crippen LogP contribution in [0.4, 0.5) is 5.69 Å². The molecule has 0 saturated heterocycles. The molecule has 3 heterocycles. The largest absolute Gasteiger partial charge is 0.367 e. The van der Waals surface area contributed by atoms with Crippen molar-refractivity contribution >= 4 is 24.1 Å². The summed E-state index contributed by atoms with van der Waals surface area (Å²) in [6.07, 6.45) is 9.86. The highest BCUT2D eigenvalue weighted by Crippen LogP contribution is 2.38. The number of aromatic nitrogens is 1. The van der Waals surface area contributed by atoms with Crippen LogP contribution >= 0.6 is 0 Å². The second kappa shape index (κ2) is 7.14. The first-order valence-corrected chi connectivity index (χ1v) is 9.76. The van der Waals surface area contributed by atoms with Crippen molar-refractivity contribution in [2.24, 2.45) is 10.7 Å². The fourth-order valence-electron chi connectivity index (χ4n) is 3.66. The summed E-state index contributed by atoms with van der Waals surface area (Å²) < 4.78 is 0. The van der Waals surface area contributed by atoms with Crippen LogP contribution in [0.5, 0.6) is 0 Å². The number of amides is 1. The third kappa shape index (κ3) is 3.22. The Labute approximate surface area is 173 Å². The molecule has 8 nitrogen and oxygen atoms in total. The summed E-state index contributed by atoms with van der Waals surface area (Å²) in [5.74, 6) is 1.14. The minimum absolute atomic E-state index is 0.303. The fraction of sp³-hybridized carbons (Fsp3) is 0.182. The van der Waals surface area contributed by atoms with Crippen LogP contribution in [0.25, 0.3) is 11.3 Å². The molecule has 150 valence electrons. The molecule has 2 aromatic rings. The number of fused-ring (bicyclic) bond motifs is 1. The molecule has 30 heavy (non-hydrogen) atoms. The van der Waals surface area contributed by atoms with Gasteiger partial charge in [0, 0.05) is 29.2 Å². The first-order valence-electron chi connectivity index (χ1n) is 9.76. The highest BCUT2D eigenvalue weighted by molar-refractivity contribution is 5.98. The minimum atomic E-state index is -0.589. The maximum Gasteiger partial charge on any atom is 0.247 e. The van der Waals surface area contributed by atoms with E-state index in [1.165, 1.54) is 0 Å². The van der Waals surface area contributed by atoms with Gasteiger partial charge in [-0.3, -0.25) is 19.6 Å². The zero-order chi connectivity index (χ0) is 20.7. The number of primary amides is 1. The van der Waals surface area contributed by atoms with Crippen molar-refractivity contribution < 1.29 is 9.59 Å². The Morgan fingerprint density at radius 3 is 2.73 bits per heavy atom. The summed E-state index contributed by atoms with van der Waals surface area (Å²) >= 11 is 0. The minimum Gasteiger partial charge on any atom is -0.367 e. The van der Waals surface area contributed by atoms with Crippen molar-refractivity contribution in [1.82, 2.24) is 15.0 Å². The van der Waals surface area contributed by atoms with Crippen molar-refractivity contribution in [3.63, 3.8) is 0 Å². The van der Waals surface area contributed by atoms with E-state index in [0.29, 0.717) is 17.4 Å². The van der Waals surface area contributed by atoms with E-state index in [2.05, 4.69) is 20.3 Å². The molecule has 1 saturated carbocycles. The summed E-state index contributed by atoms with van der Waals surface area (Å²) in [5.41, 5.74) is 8.74. The van der Waals surface area contributed by atoms with Crippen LogP contribution in [0.15, 0.2) is 71.4 Å². The molecule has 0 radical (unpaired) electrons. The lowest BCUT2D eigenvalue weighted by atomic mass is 10.1. The molecule has 1 aliphatic carbocycles. The molecule has 8 heteroatoms. The van der Waals surface area contributed by atoms with Gasteiger partial charge in [-0.25, -0.2) is 10.0 Å². The first-order chi connectivity index (χ1) is 14.6. The van der Waals surface area contributed by atoms with Gasteiger partial charge in [-0.15, -0.1) is 0 Å². The summed E-state index contributed by atoms with van der Waals surface area (Å²) in [6, 6.07) is 11.2. The fourth-order valence-corrected chi connectivity index (χ4v) is 3.66. The SMILES string of the molecule is NC(=O)C1C=NC2=CC=C(Nc3cccc(-c4ccc(C=O)cn4)c3)N(C3CC3)N21. The molecule has 0 bridgehead atoms. The summed E-state index contributed by atoms with van der Waals surface area (Å²) in [6.45, 7) is 0. The van der Waals surface area contributed by atoms with Gasteiger partial charge in [-0.05, 0) is 49.3 Å². The van der Waals surface area contributed by atoms with E-state index in [-0.39, 0.29) is 0 Å². The van der Waals surface area contributed by atoms with E-state index < -0.39 is 11.9 Å². The number of pyridine rings is 1. The second-order valence-electron chi connectivity index (χ2n) is 7.42. The molecule has 1 aromatic heterocycles. The molecule has 0 spiro atoms. The lowest BCUT2D eigenvalue weighted by Crippen LogP contribution is -2.53. The number of rotatable bonds is 6. The number of carbonyl (C=O) groups excluding carboxylic acids is 2. The number of benzene rings is 1. The van der Waals surface area contributed by atoms with Gasteiger partial charge < -0.3 is 11.1 Å². The monoisotopic (exact) mass is 400 g/mol. The Bertz CT molecular complexity index is 1100. The van der Waals surface area contributed by atoms with E-state index in [9.17, 15) is 9.59 Å². The predicted molar refractivity (Wildman–Crippen MR) is 113 cm³/mol. The van der Waals surface area contributed by atoms with Gasteiger partial charge in [0.15, 0.2) is 12.3 Å². The summed E-state index contributed by atoms with van der Waals surface area (Å²) in [7, 11) is 0. The lowest BCUT2D eigenvalue weighted by molar-refractivity contribution is -0.124. The Hall–Kier alpha value is -3.94. The van der Waals surface area contributed by atoms with E-state index in [1.54, 1.807) is 18.5 Å². The van der Waals surface area contributed by atoms with Gasteiger partial charge in [-0.1, -0.05) is 12.1 Å². The van der Waals surface area contributed by atoms with E-state index in [0.717, 1.165) is 41.9 Å². The zero-order valence-electron chi connectivity index (χ0n) is 16.1. The number of aldehydes is 1. The Morgan fingerprint density at radius 1 is 1.17 bits per heavy atom. The molecule has 2 aliphatic heterocycles. The van der Waals surface area contributed by atoms with Crippen molar-refractivity contribution in [2.75, 3.05) is 5.32 Å².